The monoisotopic (exact) mass is 289 g/mol. The molecule has 1 aliphatic rings. The smallest absolute Gasteiger partial charge is 0.123 e. The number of rotatable bonds is 9. The third-order valence-electron chi connectivity index (χ3n) is 4.95. The Labute approximate surface area is 130 Å². The molecule has 0 saturated carbocycles. The number of fused-ring (bicyclic) bond motifs is 1. The Morgan fingerprint density at radius 2 is 1.76 bits per heavy atom. The minimum Gasteiger partial charge on any atom is -0.493 e. The highest BCUT2D eigenvalue weighted by atomic mass is 16.5. The van der Waals surface area contributed by atoms with E-state index in [9.17, 15) is 0 Å². The van der Waals surface area contributed by atoms with Crippen LogP contribution in [0.5, 0.6) is 5.75 Å². The number of nitrogens with two attached hydrogens (primary N) is 1. The number of ether oxygens (including phenoxy) is 1. The minimum atomic E-state index is 0.151. The molecular weight excluding hydrogens is 258 g/mol. The minimum absolute atomic E-state index is 0.151. The van der Waals surface area contributed by atoms with E-state index >= 15 is 0 Å². The van der Waals surface area contributed by atoms with Gasteiger partial charge >= 0.3 is 0 Å². The second-order valence-corrected chi connectivity index (χ2v) is 6.45. The van der Waals surface area contributed by atoms with Crippen LogP contribution < -0.4 is 10.5 Å². The summed E-state index contributed by atoms with van der Waals surface area (Å²) < 4.78 is 5.80. The van der Waals surface area contributed by atoms with Crippen molar-refractivity contribution in [1.29, 1.82) is 0 Å². The van der Waals surface area contributed by atoms with Crippen molar-refractivity contribution in [3.8, 4) is 5.75 Å². The molecule has 0 aromatic heterocycles. The summed E-state index contributed by atoms with van der Waals surface area (Å²) in [6.45, 7) is 3.82. The summed E-state index contributed by atoms with van der Waals surface area (Å²) in [5.41, 5.74) is 7.67. The lowest BCUT2D eigenvalue weighted by Crippen LogP contribution is -2.39. The second-order valence-electron chi connectivity index (χ2n) is 6.45. The van der Waals surface area contributed by atoms with Crippen LogP contribution in [0.2, 0.25) is 0 Å². The molecule has 0 saturated heterocycles. The normalized spacial score (nSPS) is 20.9. The fourth-order valence-electron chi connectivity index (χ4n) is 3.52. The van der Waals surface area contributed by atoms with Gasteiger partial charge in [-0.2, -0.15) is 0 Å². The largest absolute Gasteiger partial charge is 0.493 e. The molecule has 1 heterocycles. The highest BCUT2D eigenvalue weighted by Gasteiger charge is 2.35. The van der Waals surface area contributed by atoms with Crippen molar-refractivity contribution in [2.24, 2.45) is 5.73 Å². The quantitative estimate of drug-likeness (QED) is 0.662. The Kier molecular flexibility index (Phi) is 6.56. The molecule has 21 heavy (non-hydrogen) atoms. The van der Waals surface area contributed by atoms with Crippen LogP contribution in [-0.4, -0.2) is 13.2 Å². The molecule has 0 amide bonds. The zero-order valence-electron chi connectivity index (χ0n) is 13.6. The Bertz CT molecular complexity index is 418. The first-order chi connectivity index (χ1) is 10.3. The van der Waals surface area contributed by atoms with Crippen LogP contribution in [0.1, 0.15) is 70.3 Å². The maximum Gasteiger partial charge on any atom is 0.123 e. The zero-order chi connectivity index (χ0) is 15.0. The van der Waals surface area contributed by atoms with Gasteiger partial charge in [0, 0.05) is 17.5 Å². The van der Waals surface area contributed by atoms with Crippen LogP contribution in [0.4, 0.5) is 0 Å². The molecule has 1 atom stereocenters. The van der Waals surface area contributed by atoms with Crippen molar-refractivity contribution in [2.45, 2.75) is 70.1 Å². The highest BCUT2D eigenvalue weighted by molar-refractivity contribution is 5.41. The number of unbranched alkanes of at least 4 members (excludes halogenated alkanes) is 6. The van der Waals surface area contributed by atoms with E-state index in [4.69, 9.17) is 10.5 Å². The summed E-state index contributed by atoms with van der Waals surface area (Å²) in [7, 11) is 0. The van der Waals surface area contributed by atoms with Gasteiger partial charge in [-0.25, -0.2) is 0 Å². The lowest BCUT2D eigenvalue weighted by molar-refractivity contribution is 0.205. The van der Waals surface area contributed by atoms with Crippen LogP contribution in [-0.2, 0) is 5.41 Å². The van der Waals surface area contributed by atoms with Crippen LogP contribution in [0.3, 0.4) is 0 Å². The van der Waals surface area contributed by atoms with Gasteiger partial charge in [-0.15, -0.1) is 0 Å². The first-order valence-corrected chi connectivity index (χ1v) is 8.75. The van der Waals surface area contributed by atoms with E-state index in [2.05, 4.69) is 31.2 Å². The van der Waals surface area contributed by atoms with Crippen molar-refractivity contribution in [3.05, 3.63) is 29.8 Å². The van der Waals surface area contributed by atoms with Crippen molar-refractivity contribution in [2.75, 3.05) is 13.2 Å². The van der Waals surface area contributed by atoms with E-state index in [0.717, 1.165) is 25.3 Å². The van der Waals surface area contributed by atoms with E-state index in [1.807, 2.05) is 0 Å². The summed E-state index contributed by atoms with van der Waals surface area (Å²) in [5.74, 6) is 1.05. The van der Waals surface area contributed by atoms with Gasteiger partial charge < -0.3 is 10.5 Å². The molecule has 2 rings (SSSR count). The molecule has 2 heteroatoms. The lowest BCUT2D eigenvalue weighted by atomic mass is 9.72. The molecular formula is C19H31NO. The summed E-state index contributed by atoms with van der Waals surface area (Å²) in [4.78, 5) is 0. The number of hydrogen-bond donors (Lipinski definition) is 1. The average molecular weight is 289 g/mol. The molecule has 0 aliphatic carbocycles. The third kappa shape index (κ3) is 4.23. The van der Waals surface area contributed by atoms with Crippen LogP contribution >= 0.6 is 0 Å². The Hall–Kier alpha value is -1.02. The zero-order valence-corrected chi connectivity index (χ0v) is 13.6. The number of hydrogen-bond acceptors (Lipinski definition) is 2. The van der Waals surface area contributed by atoms with Gasteiger partial charge in [-0.3, -0.25) is 0 Å². The van der Waals surface area contributed by atoms with Crippen LogP contribution in [0.25, 0.3) is 0 Å². The third-order valence-corrected chi connectivity index (χ3v) is 4.95. The van der Waals surface area contributed by atoms with Gasteiger partial charge in [0.15, 0.2) is 0 Å². The van der Waals surface area contributed by atoms with E-state index in [1.165, 1.54) is 56.9 Å². The average Bonchev–Trinajstić information content (AvgIpc) is 2.54. The fourth-order valence-corrected chi connectivity index (χ4v) is 3.52. The summed E-state index contributed by atoms with van der Waals surface area (Å²) in [5, 5.41) is 0. The second kappa shape index (κ2) is 8.43. The molecule has 1 unspecified atom stereocenters. The van der Waals surface area contributed by atoms with Gasteiger partial charge in [0.25, 0.3) is 0 Å². The lowest BCUT2D eigenvalue weighted by Gasteiger charge is -2.38. The maximum atomic E-state index is 6.18. The molecule has 0 fully saturated rings. The van der Waals surface area contributed by atoms with Gasteiger partial charge in [-0.1, -0.05) is 70.1 Å². The maximum absolute atomic E-state index is 6.18. The predicted octanol–water partition coefficient (Wildman–Crippen LogP) is 4.81. The van der Waals surface area contributed by atoms with Crippen molar-refractivity contribution in [3.63, 3.8) is 0 Å². The molecule has 1 aliphatic heterocycles. The van der Waals surface area contributed by atoms with E-state index < -0.39 is 0 Å². The van der Waals surface area contributed by atoms with Crippen molar-refractivity contribution in [1.82, 2.24) is 0 Å². The van der Waals surface area contributed by atoms with E-state index in [0.29, 0.717) is 0 Å². The van der Waals surface area contributed by atoms with Gasteiger partial charge in [0.1, 0.15) is 5.75 Å². The molecule has 1 aromatic rings. The van der Waals surface area contributed by atoms with Crippen molar-refractivity contribution >= 4 is 0 Å². The van der Waals surface area contributed by atoms with Crippen LogP contribution in [0.15, 0.2) is 24.3 Å². The molecule has 2 N–H and O–H groups in total. The van der Waals surface area contributed by atoms with Crippen molar-refractivity contribution < 1.29 is 4.74 Å². The Morgan fingerprint density at radius 3 is 2.52 bits per heavy atom. The molecule has 2 nitrogen and oxygen atoms in total. The summed E-state index contributed by atoms with van der Waals surface area (Å²) >= 11 is 0. The first kappa shape index (κ1) is 16.4. The number of benzene rings is 1. The van der Waals surface area contributed by atoms with Crippen LogP contribution in [0, 0.1) is 0 Å². The van der Waals surface area contributed by atoms with Gasteiger partial charge in [0.2, 0.25) is 0 Å². The Balaban J connectivity index is 1.85. The SMILES string of the molecule is CCCCCCCCCC1(CN)CCOc2ccccc21. The molecule has 0 spiro atoms. The highest BCUT2D eigenvalue weighted by Crippen LogP contribution is 2.41. The van der Waals surface area contributed by atoms with Gasteiger partial charge in [-0.05, 0) is 18.9 Å². The topological polar surface area (TPSA) is 35.2 Å². The van der Waals surface area contributed by atoms with E-state index in [1.54, 1.807) is 0 Å². The van der Waals surface area contributed by atoms with Gasteiger partial charge in [0.05, 0.1) is 6.61 Å². The summed E-state index contributed by atoms with van der Waals surface area (Å²) in [6.07, 6.45) is 11.8. The number of para-hydroxylation sites is 1. The first-order valence-electron chi connectivity index (χ1n) is 8.75. The molecule has 0 bridgehead atoms. The van der Waals surface area contributed by atoms with E-state index in [-0.39, 0.29) is 5.41 Å². The standard InChI is InChI=1S/C19H31NO/c1-2-3-4-5-6-7-10-13-19(16-20)14-15-21-18-12-9-8-11-17(18)19/h8-9,11-12H,2-7,10,13-16,20H2,1H3. The predicted molar refractivity (Wildman–Crippen MR) is 89.9 cm³/mol. The molecule has 0 radical (unpaired) electrons. The fraction of sp³-hybridized carbons (Fsp3) is 0.684. The Morgan fingerprint density at radius 1 is 1.05 bits per heavy atom. The molecule has 118 valence electrons. The summed E-state index contributed by atoms with van der Waals surface area (Å²) in [6, 6.07) is 8.47. The molecule has 1 aromatic carbocycles.